The Balaban J connectivity index is 1.95. The third-order valence-corrected chi connectivity index (χ3v) is 3.85. The first-order valence-corrected chi connectivity index (χ1v) is 7.18. The van der Waals surface area contributed by atoms with Gasteiger partial charge in [0.25, 0.3) is 0 Å². The number of amides is 1. The van der Waals surface area contributed by atoms with Gasteiger partial charge in [-0.3, -0.25) is 4.79 Å². The van der Waals surface area contributed by atoms with Crippen molar-refractivity contribution in [3.8, 4) is 0 Å². The van der Waals surface area contributed by atoms with E-state index in [4.69, 9.17) is 5.73 Å². The summed E-state index contributed by atoms with van der Waals surface area (Å²) in [6.45, 7) is 1.86. The van der Waals surface area contributed by atoms with Gasteiger partial charge in [0.05, 0.1) is 5.75 Å². The van der Waals surface area contributed by atoms with Crippen molar-refractivity contribution in [1.82, 2.24) is 0 Å². The minimum Gasteiger partial charge on any atom is -0.398 e. The molecule has 1 amide bonds. The Morgan fingerprint density at radius 2 is 2.00 bits per heavy atom. The minimum atomic E-state index is -0.547. The summed E-state index contributed by atoms with van der Waals surface area (Å²) in [6, 6.07) is 8.32. The Labute approximate surface area is 125 Å². The number of halogens is 2. The van der Waals surface area contributed by atoms with E-state index in [1.807, 2.05) is 6.92 Å². The predicted molar refractivity (Wildman–Crippen MR) is 81.3 cm³/mol. The second-order valence-electron chi connectivity index (χ2n) is 4.48. The summed E-state index contributed by atoms with van der Waals surface area (Å²) < 4.78 is 26.4. The standard InChI is InChI=1S/C15H14F2N2OS/c1-9-2-4-11(7-13(9)18)19-15(20)8-21-14-6-10(16)3-5-12(14)17/h2-7H,8,18H2,1H3,(H,19,20). The van der Waals surface area contributed by atoms with Gasteiger partial charge >= 0.3 is 0 Å². The van der Waals surface area contributed by atoms with Crippen LogP contribution in [-0.4, -0.2) is 11.7 Å². The van der Waals surface area contributed by atoms with Crippen molar-refractivity contribution in [2.75, 3.05) is 16.8 Å². The van der Waals surface area contributed by atoms with Gasteiger partial charge in [0.2, 0.25) is 5.91 Å². The summed E-state index contributed by atoms with van der Waals surface area (Å²) in [6.07, 6.45) is 0. The van der Waals surface area contributed by atoms with Crippen molar-refractivity contribution in [1.29, 1.82) is 0 Å². The zero-order chi connectivity index (χ0) is 15.4. The van der Waals surface area contributed by atoms with Crippen molar-refractivity contribution in [2.24, 2.45) is 0 Å². The first-order chi connectivity index (χ1) is 9.95. The first-order valence-electron chi connectivity index (χ1n) is 6.19. The average Bonchev–Trinajstić information content (AvgIpc) is 2.44. The van der Waals surface area contributed by atoms with Gasteiger partial charge in [-0.2, -0.15) is 0 Å². The van der Waals surface area contributed by atoms with Crippen LogP contribution in [-0.2, 0) is 4.79 Å². The molecule has 0 saturated heterocycles. The van der Waals surface area contributed by atoms with Crippen LogP contribution in [0.3, 0.4) is 0 Å². The highest BCUT2D eigenvalue weighted by Crippen LogP contribution is 2.23. The molecule has 0 aromatic heterocycles. The van der Waals surface area contributed by atoms with Crippen LogP contribution >= 0.6 is 11.8 Å². The zero-order valence-electron chi connectivity index (χ0n) is 11.3. The summed E-state index contributed by atoms with van der Waals surface area (Å²) in [5, 5.41) is 2.66. The van der Waals surface area contributed by atoms with E-state index in [0.29, 0.717) is 11.4 Å². The summed E-state index contributed by atoms with van der Waals surface area (Å²) >= 11 is 0.938. The van der Waals surface area contributed by atoms with E-state index in [2.05, 4.69) is 5.32 Å². The Kier molecular flexibility index (Phi) is 4.80. The summed E-state index contributed by atoms with van der Waals surface area (Å²) in [5.41, 5.74) is 7.82. The topological polar surface area (TPSA) is 55.1 Å². The van der Waals surface area contributed by atoms with Gasteiger partial charge in [0.15, 0.2) is 0 Å². The van der Waals surface area contributed by atoms with E-state index in [0.717, 1.165) is 35.5 Å². The lowest BCUT2D eigenvalue weighted by Crippen LogP contribution is -2.14. The van der Waals surface area contributed by atoms with Gasteiger partial charge in [0.1, 0.15) is 11.6 Å². The molecule has 2 rings (SSSR count). The third-order valence-electron chi connectivity index (χ3n) is 2.82. The van der Waals surface area contributed by atoms with Crippen molar-refractivity contribution < 1.29 is 13.6 Å². The number of thioether (sulfide) groups is 1. The molecular weight excluding hydrogens is 294 g/mol. The molecule has 21 heavy (non-hydrogen) atoms. The largest absolute Gasteiger partial charge is 0.398 e. The smallest absolute Gasteiger partial charge is 0.234 e. The van der Waals surface area contributed by atoms with Gasteiger partial charge in [-0.1, -0.05) is 6.07 Å². The van der Waals surface area contributed by atoms with Crippen LogP contribution < -0.4 is 11.1 Å². The van der Waals surface area contributed by atoms with Crippen molar-refractivity contribution in [3.05, 3.63) is 53.6 Å². The van der Waals surface area contributed by atoms with Crippen molar-refractivity contribution >= 4 is 29.0 Å². The van der Waals surface area contributed by atoms with Crippen LogP contribution in [0.1, 0.15) is 5.56 Å². The maximum atomic E-state index is 13.4. The number of nitrogens with two attached hydrogens (primary N) is 1. The van der Waals surface area contributed by atoms with Crippen LogP contribution in [0.2, 0.25) is 0 Å². The lowest BCUT2D eigenvalue weighted by atomic mass is 10.2. The van der Waals surface area contributed by atoms with E-state index in [9.17, 15) is 13.6 Å². The molecule has 0 bridgehead atoms. The molecule has 0 atom stereocenters. The molecule has 3 nitrogen and oxygen atoms in total. The predicted octanol–water partition coefficient (Wildman–Crippen LogP) is 3.59. The number of rotatable bonds is 4. The number of nitrogens with one attached hydrogen (secondary N) is 1. The molecule has 0 aliphatic rings. The van der Waals surface area contributed by atoms with Crippen LogP contribution in [0.25, 0.3) is 0 Å². The fourth-order valence-corrected chi connectivity index (χ4v) is 2.41. The Morgan fingerprint density at radius 3 is 2.71 bits per heavy atom. The fourth-order valence-electron chi connectivity index (χ4n) is 1.65. The second kappa shape index (κ2) is 6.58. The molecule has 0 unspecified atom stereocenters. The molecule has 0 spiro atoms. The second-order valence-corrected chi connectivity index (χ2v) is 5.50. The molecule has 0 aliphatic carbocycles. The van der Waals surface area contributed by atoms with Gasteiger partial charge in [-0.25, -0.2) is 8.78 Å². The molecule has 3 N–H and O–H groups in total. The van der Waals surface area contributed by atoms with E-state index in [-0.39, 0.29) is 16.6 Å². The van der Waals surface area contributed by atoms with E-state index in [1.165, 1.54) is 0 Å². The first kappa shape index (κ1) is 15.3. The SMILES string of the molecule is Cc1ccc(NC(=O)CSc2cc(F)ccc2F)cc1N. The van der Waals surface area contributed by atoms with Gasteiger partial charge in [-0.15, -0.1) is 11.8 Å². The van der Waals surface area contributed by atoms with Crippen LogP contribution in [0.5, 0.6) is 0 Å². The lowest BCUT2D eigenvalue weighted by molar-refractivity contribution is -0.113. The molecule has 110 valence electrons. The highest BCUT2D eigenvalue weighted by atomic mass is 32.2. The molecule has 2 aromatic carbocycles. The maximum absolute atomic E-state index is 13.4. The number of benzene rings is 2. The van der Waals surface area contributed by atoms with Gasteiger partial charge in [-0.05, 0) is 42.8 Å². The molecule has 0 heterocycles. The number of hydrogen-bond acceptors (Lipinski definition) is 3. The number of anilines is 2. The monoisotopic (exact) mass is 308 g/mol. The van der Waals surface area contributed by atoms with E-state index >= 15 is 0 Å². The van der Waals surface area contributed by atoms with Gasteiger partial charge in [0, 0.05) is 16.3 Å². The fraction of sp³-hybridized carbons (Fsp3) is 0.133. The maximum Gasteiger partial charge on any atom is 0.234 e. The number of aryl methyl sites for hydroxylation is 1. The molecule has 6 heteroatoms. The van der Waals surface area contributed by atoms with Crippen molar-refractivity contribution in [2.45, 2.75) is 11.8 Å². The van der Waals surface area contributed by atoms with Crippen LogP contribution in [0.15, 0.2) is 41.3 Å². The minimum absolute atomic E-state index is 0.0197. The van der Waals surface area contributed by atoms with Crippen LogP contribution in [0, 0.1) is 18.6 Å². The summed E-state index contributed by atoms with van der Waals surface area (Å²) in [4.78, 5) is 11.9. The normalized spacial score (nSPS) is 10.4. The van der Waals surface area contributed by atoms with Gasteiger partial charge < -0.3 is 11.1 Å². The molecule has 0 saturated carbocycles. The Bertz CT molecular complexity index is 677. The Hall–Kier alpha value is -2.08. The van der Waals surface area contributed by atoms with Crippen molar-refractivity contribution in [3.63, 3.8) is 0 Å². The zero-order valence-corrected chi connectivity index (χ0v) is 12.1. The number of carbonyl (C=O) groups excluding carboxylic acids is 1. The summed E-state index contributed by atoms with van der Waals surface area (Å²) in [5.74, 6) is -1.42. The molecule has 2 aromatic rings. The molecule has 0 aliphatic heterocycles. The third kappa shape index (κ3) is 4.19. The molecule has 0 radical (unpaired) electrons. The van der Waals surface area contributed by atoms with E-state index in [1.54, 1.807) is 18.2 Å². The Morgan fingerprint density at radius 1 is 1.24 bits per heavy atom. The number of nitrogen functional groups attached to an aromatic ring is 1. The highest BCUT2D eigenvalue weighted by molar-refractivity contribution is 8.00. The quantitative estimate of drug-likeness (QED) is 0.670. The lowest BCUT2D eigenvalue weighted by Gasteiger charge is -2.08. The summed E-state index contributed by atoms with van der Waals surface area (Å²) in [7, 11) is 0. The molecule has 0 fully saturated rings. The average molecular weight is 308 g/mol. The highest BCUT2D eigenvalue weighted by Gasteiger charge is 2.09. The van der Waals surface area contributed by atoms with Crippen LogP contribution in [0.4, 0.5) is 20.2 Å². The molecular formula is C15H14F2N2OS. The number of hydrogen-bond donors (Lipinski definition) is 2. The number of carbonyl (C=O) groups is 1. The van der Waals surface area contributed by atoms with E-state index < -0.39 is 11.6 Å².